The smallest absolute Gasteiger partial charge is 0.175 e. The van der Waals surface area contributed by atoms with Crippen molar-refractivity contribution in [2.75, 3.05) is 10.6 Å². The van der Waals surface area contributed by atoms with Gasteiger partial charge in [0.15, 0.2) is 5.11 Å². The van der Waals surface area contributed by atoms with Gasteiger partial charge in [-0.1, -0.05) is 50.2 Å². The summed E-state index contributed by atoms with van der Waals surface area (Å²) in [5.41, 5.74) is 7.80. The van der Waals surface area contributed by atoms with Crippen LogP contribution in [-0.2, 0) is 6.54 Å². The molecule has 0 radical (unpaired) electrons. The van der Waals surface area contributed by atoms with Gasteiger partial charge in [0, 0.05) is 5.69 Å². The Morgan fingerprint density at radius 2 is 1.68 bits per heavy atom. The highest BCUT2D eigenvalue weighted by Gasteiger charge is 2.14. The summed E-state index contributed by atoms with van der Waals surface area (Å²) < 4.78 is 2.03. The Hall–Kier alpha value is -2.66. The van der Waals surface area contributed by atoms with Crippen molar-refractivity contribution in [2.45, 2.75) is 47.1 Å². The molecule has 0 unspecified atom stereocenters. The van der Waals surface area contributed by atoms with Crippen molar-refractivity contribution in [2.24, 2.45) is 0 Å². The van der Waals surface area contributed by atoms with E-state index in [1.54, 1.807) is 0 Å². The van der Waals surface area contributed by atoms with Gasteiger partial charge in [-0.15, -0.1) is 0 Å². The summed E-state index contributed by atoms with van der Waals surface area (Å²) in [5.74, 6) is 0.517. The van der Waals surface area contributed by atoms with Gasteiger partial charge >= 0.3 is 0 Å². The lowest BCUT2D eigenvalue weighted by atomic mass is 10.0. The van der Waals surface area contributed by atoms with Crippen LogP contribution in [0.3, 0.4) is 0 Å². The summed E-state index contributed by atoms with van der Waals surface area (Å²) in [7, 11) is 0. The Labute approximate surface area is 173 Å². The number of rotatable bonds is 5. The molecule has 3 rings (SSSR count). The highest BCUT2D eigenvalue weighted by molar-refractivity contribution is 7.80. The van der Waals surface area contributed by atoms with Gasteiger partial charge in [-0.3, -0.25) is 4.68 Å². The Morgan fingerprint density at radius 1 is 1.00 bits per heavy atom. The molecule has 1 aromatic heterocycles. The lowest BCUT2D eigenvalue weighted by Crippen LogP contribution is -2.20. The molecule has 0 aliphatic heterocycles. The maximum Gasteiger partial charge on any atom is 0.175 e. The summed E-state index contributed by atoms with van der Waals surface area (Å²) in [5, 5.41) is 11.9. The van der Waals surface area contributed by atoms with Crippen LogP contribution in [-0.4, -0.2) is 14.9 Å². The van der Waals surface area contributed by atoms with Crippen molar-refractivity contribution in [1.82, 2.24) is 9.78 Å². The molecule has 2 aromatic carbocycles. The molecule has 4 nitrogen and oxygen atoms in total. The van der Waals surface area contributed by atoms with E-state index in [4.69, 9.17) is 17.3 Å². The van der Waals surface area contributed by atoms with Crippen LogP contribution < -0.4 is 10.6 Å². The summed E-state index contributed by atoms with van der Waals surface area (Å²) in [6, 6.07) is 16.8. The second kappa shape index (κ2) is 8.57. The van der Waals surface area contributed by atoms with Gasteiger partial charge in [-0.25, -0.2) is 0 Å². The first kappa shape index (κ1) is 20.1. The van der Waals surface area contributed by atoms with E-state index in [9.17, 15) is 0 Å². The van der Waals surface area contributed by atoms with Gasteiger partial charge in [0.25, 0.3) is 0 Å². The molecule has 0 atom stereocenters. The van der Waals surface area contributed by atoms with E-state index in [1.807, 2.05) is 11.6 Å². The van der Waals surface area contributed by atoms with Crippen molar-refractivity contribution >= 4 is 28.7 Å². The molecule has 0 aliphatic rings. The van der Waals surface area contributed by atoms with Crippen molar-refractivity contribution < 1.29 is 0 Å². The number of aryl methyl sites for hydroxylation is 2. The van der Waals surface area contributed by atoms with E-state index < -0.39 is 0 Å². The minimum absolute atomic E-state index is 0.517. The zero-order valence-electron chi connectivity index (χ0n) is 17.2. The predicted molar refractivity (Wildman–Crippen MR) is 122 cm³/mol. The van der Waals surface area contributed by atoms with Crippen LogP contribution in [0.25, 0.3) is 0 Å². The molecule has 3 aromatic rings. The molecule has 0 spiro atoms. The van der Waals surface area contributed by atoms with Gasteiger partial charge in [0.05, 0.1) is 23.6 Å². The standard InChI is InChI=1S/C23H28N4S/c1-15(2)19-10-12-21(13-11-19)24-23(28)25-22-17(4)26-27(18(22)5)14-20-9-7-6-8-16(20)3/h6-13,15H,14H2,1-5H3,(H2,24,25,28). The molecule has 0 bridgehead atoms. The highest BCUT2D eigenvalue weighted by atomic mass is 32.1. The van der Waals surface area contributed by atoms with E-state index in [-0.39, 0.29) is 0 Å². The Bertz CT molecular complexity index is 971. The molecule has 5 heteroatoms. The molecule has 0 aliphatic carbocycles. The molecular formula is C23H28N4S. The molecular weight excluding hydrogens is 364 g/mol. The average molecular weight is 393 g/mol. The van der Waals surface area contributed by atoms with Crippen LogP contribution in [0, 0.1) is 20.8 Å². The molecule has 1 heterocycles. The Balaban J connectivity index is 1.71. The fourth-order valence-corrected chi connectivity index (χ4v) is 3.43. The third-order valence-corrected chi connectivity index (χ3v) is 5.24. The van der Waals surface area contributed by atoms with E-state index in [2.05, 4.69) is 86.9 Å². The maximum atomic E-state index is 5.52. The molecule has 2 N–H and O–H groups in total. The van der Waals surface area contributed by atoms with Crippen molar-refractivity contribution in [3.63, 3.8) is 0 Å². The Morgan fingerprint density at radius 3 is 2.32 bits per heavy atom. The monoisotopic (exact) mass is 392 g/mol. The van der Waals surface area contributed by atoms with Crippen LogP contribution in [0.1, 0.15) is 47.8 Å². The van der Waals surface area contributed by atoms with Gasteiger partial charge < -0.3 is 10.6 Å². The van der Waals surface area contributed by atoms with Crippen LogP contribution in [0.15, 0.2) is 48.5 Å². The molecule has 0 amide bonds. The zero-order chi connectivity index (χ0) is 20.3. The lowest BCUT2D eigenvalue weighted by molar-refractivity contribution is 0.657. The zero-order valence-corrected chi connectivity index (χ0v) is 18.0. The van der Waals surface area contributed by atoms with E-state index in [0.717, 1.165) is 29.3 Å². The van der Waals surface area contributed by atoms with E-state index in [0.29, 0.717) is 11.0 Å². The number of hydrogen-bond donors (Lipinski definition) is 2. The molecule has 0 saturated heterocycles. The predicted octanol–water partition coefficient (Wildman–Crippen LogP) is 5.79. The third kappa shape index (κ3) is 4.60. The molecule has 0 fully saturated rings. The second-order valence-corrected chi connectivity index (χ2v) is 7.89. The van der Waals surface area contributed by atoms with E-state index >= 15 is 0 Å². The minimum Gasteiger partial charge on any atom is -0.332 e. The molecule has 146 valence electrons. The largest absolute Gasteiger partial charge is 0.332 e. The third-order valence-electron chi connectivity index (χ3n) is 5.04. The number of anilines is 2. The molecule has 0 saturated carbocycles. The summed E-state index contributed by atoms with van der Waals surface area (Å²) in [6.07, 6.45) is 0. The number of nitrogens with one attached hydrogen (secondary N) is 2. The summed E-state index contributed by atoms with van der Waals surface area (Å²) >= 11 is 5.52. The topological polar surface area (TPSA) is 41.9 Å². The van der Waals surface area contributed by atoms with Gasteiger partial charge in [-0.2, -0.15) is 5.10 Å². The SMILES string of the molecule is Cc1ccccc1Cn1nc(C)c(NC(=S)Nc2ccc(C(C)C)cc2)c1C. The minimum atomic E-state index is 0.517. The maximum absolute atomic E-state index is 5.52. The average Bonchev–Trinajstić information content (AvgIpc) is 2.91. The number of benzene rings is 2. The van der Waals surface area contributed by atoms with Crippen LogP contribution in [0.2, 0.25) is 0 Å². The number of thiocarbonyl (C=S) groups is 1. The summed E-state index contributed by atoms with van der Waals surface area (Å²) in [4.78, 5) is 0. The first-order valence-corrected chi connectivity index (χ1v) is 10.0. The fourth-order valence-electron chi connectivity index (χ4n) is 3.21. The van der Waals surface area contributed by atoms with Crippen molar-refractivity contribution in [3.05, 3.63) is 76.6 Å². The number of nitrogens with zero attached hydrogens (tertiary/aromatic N) is 2. The highest BCUT2D eigenvalue weighted by Crippen LogP contribution is 2.22. The van der Waals surface area contributed by atoms with E-state index in [1.165, 1.54) is 16.7 Å². The summed E-state index contributed by atoms with van der Waals surface area (Å²) in [6.45, 7) is 11.3. The lowest BCUT2D eigenvalue weighted by Gasteiger charge is -2.13. The number of hydrogen-bond acceptors (Lipinski definition) is 2. The first-order valence-electron chi connectivity index (χ1n) is 9.61. The second-order valence-electron chi connectivity index (χ2n) is 7.49. The van der Waals surface area contributed by atoms with Crippen molar-refractivity contribution in [3.8, 4) is 0 Å². The normalized spacial score (nSPS) is 10.9. The quantitative estimate of drug-likeness (QED) is 0.539. The Kier molecular flexibility index (Phi) is 6.15. The van der Waals surface area contributed by atoms with Gasteiger partial charge in [0.2, 0.25) is 0 Å². The van der Waals surface area contributed by atoms with Gasteiger partial charge in [0.1, 0.15) is 0 Å². The van der Waals surface area contributed by atoms with Crippen LogP contribution >= 0.6 is 12.2 Å². The number of aromatic nitrogens is 2. The van der Waals surface area contributed by atoms with Gasteiger partial charge in [-0.05, 0) is 67.7 Å². The van der Waals surface area contributed by atoms with Crippen molar-refractivity contribution in [1.29, 1.82) is 0 Å². The van der Waals surface area contributed by atoms with Crippen LogP contribution in [0.4, 0.5) is 11.4 Å². The van der Waals surface area contributed by atoms with Crippen LogP contribution in [0.5, 0.6) is 0 Å². The molecule has 28 heavy (non-hydrogen) atoms. The fraction of sp³-hybridized carbons (Fsp3) is 0.304. The first-order chi connectivity index (χ1) is 13.3.